The fraction of sp³-hybridized carbons (Fsp3) is 0.350. The maximum atomic E-state index is 12.9. The Morgan fingerprint density at radius 2 is 1.76 bits per heavy atom. The molecule has 1 saturated heterocycles. The minimum absolute atomic E-state index is 0.0582. The third kappa shape index (κ3) is 3.83. The molecule has 1 aliphatic heterocycles. The maximum absolute atomic E-state index is 12.9. The van der Waals surface area contributed by atoms with Crippen LogP contribution < -0.4 is 0 Å². The number of benzene rings is 2. The number of Topliss-reactive ketones (excluding diaryl/α,β-unsaturated/α-hetero) is 1. The van der Waals surface area contributed by atoms with Crippen molar-refractivity contribution in [3.63, 3.8) is 0 Å². The van der Waals surface area contributed by atoms with Gasteiger partial charge in [0.2, 0.25) is 10.0 Å². The van der Waals surface area contributed by atoms with E-state index < -0.39 is 16.1 Å². The molecule has 0 bridgehead atoms. The lowest BCUT2D eigenvalue weighted by Crippen LogP contribution is -2.41. The van der Waals surface area contributed by atoms with Gasteiger partial charge in [0.1, 0.15) is 0 Å². The van der Waals surface area contributed by atoms with Crippen molar-refractivity contribution in [2.75, 3.05) is 6.54 Å². The zero-order valence-corrected chi connectivity index (χ0v) is 15.4. The molecule has 1 aliphatic rings. The van der Waals surface area contributed by atoms with Crippen molar-refractivity contribution in [2.24, 2.45) is 0 Å². The Morgan fingerprint density at radius 1 is 1.08 bits per heavy atom. The van der Waals surface area contributed by atoms with Crippen molar-refractivity contribution in [1.82, 2.24) is 4.31 Å². The van der Waals surface area contributed by atoms with Crippen molar-refractivity contribution < 1.29 is 13.2 Å². The van der Waals surface area contributed by atoms with E-state index in [1.807, 2.05) is 50.2 Å². The van der Waals surface area contributed by atoms with Crippen LogP contribution in [0.15, 0.2) is 48.5 Å². The summed E-state index contributed by atoms with van der Waals surface area (Å²) in [6.45, 7) is 4.28. The summed E-state index contributed by atoms with van der Waals surface area (Å²) in [6.07, 6.45) is 1.30. The van der Waals surface area contributed by atoms with Crippen LogP contribution in [0, 0.1) is 13.8 Å². The van der Waals surface area contributed by atoms with Gasteiger partial charge in [-0.2, -0.15) is 4.31 Å². The zero-order chi connectivity index (χ0) is 18.0. The van der Waals surface area contributed by atoms with Crippen molar-refractivity contribution in [3.8, 4) is 0 Å². The molecule has 0 amide bonds. The first-order valence-corrected chi connectivity index (χ1v) is 10.1. The Kier molecular flexibility index (Phi) is 5.06. The molecule has 0 radical (unpaired) electrons. The quantitative estimate of drug-likeness (QED) is 0.770. The molecule has 25 heavy (non-hydrogen) atoms. The van der Waals surface area contributed by atoms with Crippen LogP contribution in [0.5, 0.6) is 0 Å². The molecule has 4 nitrogen and oxygen atoms in total. The first-order valence-electron chi connectivity index (χ1n) is 8.53. The van der Waals surface area contributed by atoms with Gasteiger partial charge in [0.15, 0.2) is 5.78 Å². The number of rotatable bonds is 5. The van der Waals surface area contributed by atoms with Gasteiger partial charge in [-0.1, -0.05) is 54.1 Å². The second kappa shape index (κ2) is 7.10. The summed E-state index contributed by atoms with van der Waals surface area (Å²) in [5.41, 5.74) is 3.39. The average molecular weight is 357 g/mol. The summed E-state index contributed by atoms with van der Waals surface area (Å²) in [6, 6.07) is 14.2. The van der Waals surface area contributed by atoms with E-state index in [9.17, 15) is 13.2 Å². The lowest BCUT2D eigenvalue weighted by atomic mass is 10.0. The number of hydrogen-bond donors (Lipinski definition) is 0. The minimum Gasteiger partial charge on any atom is -0.292 e. The molecule has 0 aromatic heterocycles. The molecule has 1 unspecified atom stereocenters. The van der Waals surface area contributed by atoms with E-state index in [2.05, 4.69) is 0 Å². The fourth-order valence-corrected chi connectivity index (χ4v) is 5.18. The van der Waals surface area contributed by atoms with Crippen LogP contribution in [-0.2, 0) is 15.8 Å². The highest BCUT2D eigenvalue weighted by atomic mass is 32.2. The molecule has 5 heteroatoms. The predicted molar refractivity (Wildman–Crippen MR) is 99.0 cm³/mol. The molecule has 2 aromatic rings. The Bertz CT molecular complexity index is 872. The van der Waals surface area contributed by atoms with E-state index in [1.54, 1.807) is 12.1 Å². The zero-order valence-electron chi connectivity index (χ0n) is 14.6. The molecule has 0 spiro atoms. The highest BCUT2D eigenvalue weighted by Crippen LogP contribution is 2.27. The van der Waals surface area contributed by atoms with E-state index in [0.29, 0.717) is 18.5 Å². The second-order valence-electron chi connectivity index (χ2n) is 6.68. The van der Waals surface area contributed by atoms with Crippen LogP contribution in [0.2, 0.25) is 0 Å². The molecule has 1 fully saturated rings. The van der Waals surface area contributed by atoms with Crippen molar-refractivity contribution in [2.45, 2.75) is 38.5 Å². The lowest BCUT2D eigenvalue weighted by Gasteiger charge is -2.23. The summed E-state index contributed by atoms with van der Waals surface area (Å²) >= 11 is 0. The van der Waals surface area contributed by atoms with E-state index >= 15 is 0 Å². The van der Waals surface area contributed by atoms with Crippen LogP contribution in [-0.4, -0.2) is 31.1 Å². The lowest BCUT2D eigenvalue weighted by molar-refractivity contribution is 0.0918. The van der Waals surface area contributed by atoms with E-state index in [4.69, 9.17) is 0 Å². The highest BCUT2D eigenvalue weighted by molar-refractivity contribution is 7.88. The molecule has 0 saturated carbocycles. The van der Waals surface area contributed by atoms with Crippen molar-refractivity contribution in [1.29, 1.82) is 0 Å². The number of carbonyl (C=O) groups is 1. The minimum atomic E-state index is -3.53. The summed E-state index contributed by atoms with van der Waals surface area (Å²) in [5, 5.41) is 0. The fourth-order valence-electron chi connectivity index (χ4n) is 3.30. The second-order valence-corrected chi connectivity index (χ2v) is 8.60. The van der Waals surface area contributed by atoms with Gasteiger partial charge in [0.05, 0.1) is 11.8 Å². The number of carbonyl (C=O) groups excluding carboxylic acids is 1. The SMILES string of the molecule is Cc1ccc(C(=O)C2CCCN2S(=O)(=O)Cc2ccccc2C)cc1. The largest absolute Gasteiger partial charge is 0.292 e. The molecule has 1 atom stereocenters. The number of sulfonamides is 1. The van der Waals surface area contributed by atoms with E-state index in [-0.39, 0.29) is 11.5 Å². The maximum Gasteiger partial charge on any atom is 0.218 e. The molecular weight excluding hydrogens is 334 g/mol. The van der Waals surface area contributed by atoms with Gasteiger partial charge in [0.25, 0.3) is 0 Å². The molecule has 0 N–H and O–H groups in total. The average Bonchev–Trinajstić information content (AvgIpc) is 3.07. The summed E-state index contributed by atoms with van der Waals surface area (Å²) in [5.74, 6) is -0.164. The van der Waals surface area contributed by atoms with Crippen LogP contribution in [0.4, 0.5) is 0 Å². The van der Waals surface area contributed by atoms with Gasteiger partial charge in [0, 0.05) is 12.1 Å². The van der Waals surface area contributed by atoms with Crippen LogP contribution in [0.3, 0.4) is 0 Å². The van der Waals surface area contributed by atoms with Gasteiger partial charge in [-0.05, 0) is 37.8 Å². The number of ketones is 1. The smallest absolute Gasteiger partial charge is 0.218 e. The molecular formula is C20H23NO3S. The molecule has 132 valence electrons. The molecule has 2 aromatic carbocycles. The van der Waals surface area contributed by atoms with Gasteiger partial charge < -0.3 is 0 Å². The third-order valence-electron chi connectivity index (χ3n) is 4.80. The normalized spacial score (nSPS) is 18.4. The molecule has 0 aliphatic carbocycles. The summed E-state index contributed by atoms with van der Waals surface area (Å²) < 4.78 is 27.3. The first kappa shape index (κ1) is 17.8. The van der Waals surface area contributed by atoms with Gasteiger partial charge in [-0.25, -0.2) is 8.42 Å². The first-order chi connectivity index (χ1) is 11.9. The van der Waals surface area contributed by atoms with Crippen molar-refractivity contribution in [3.05, 3.63) is 70.8 Å². The van der Waals surface area contributed by atoms with Gasteiger partial charge in [-0.15, -0.1) is 0 Å². The van der Waals surface area contributed by atoms with E-state index in [0.717, 1.165) is 23.1 Å². The molecule has 3 rings (SSSR count). The highest BCUT2D eigenvalue weighted by Gasteiger charge is 2.38. The van der Waals surface area contributed by atoms with E-state index in [1.165, 1.54) is 4.31 Å². The molecule has 1 heterocycles. The predicted octanol–water partition coefficient (Wildman–Crippen LogP) is 3.48. The van der Waals surface area contributed by atoms with Crippen molar-refractivity contribution >= 4 is 15.8 Å². The number of hydrogen-bond acceptors (Lipinski definition) is 3. The Balaban J connectivity index is 1.84. The summed E-state index contributed by atoms with van der Waals surface area (Å²) in [7, 11) is -3.53. The number of aryl methyl sites for hydroxylation is 2. The Labute approximate surface area is 149 Å². The third-order valence-corrected chi connectivity index (χ3v) is 6.63. The standard InChI is InChI=1S/C20H23NO3S/c1-15-9-11-17(12-10-15)20(22)19-8-5-13-21(19)25(23,24)14-18-7-4-3-6-16(18)2/h3-4,6-7,9-12,19H,5,8,13-14H2,1-2H3. The van der Waals surface area contributed by atoms with Crippen LogP contribution in [0.1, 0.15) is 39.9 Å². The Morgan fingerprint density at radius 3 is 2.44 bits per heavy atom. The van der Waals surface area contributed by atoms with Gasteiger partial charge >= 0.3 is 0 Å². The summed E-state index contributed by atoms with van der Waals surface area (Å²) in [4.78, 5) is 12.8. The number of nitrogens with zero attached hydrogens (tertiary/aromatic N) is 1. The topological polar surface area (TPSA) is 54.5 Å². The van der Waals surface area contributed by atoms with Crippen LogP contribution in [0.25, 0.3) is 0 Å². The Hall–Kier alpha value is -1.98. The monoisotopic (exact) mass is 357 g/mol. The van der Waals surface area contributed by atoms with Crippen LogP contribution >= 0.6 is 0 Å². The van der Waals surface area contributed by atoms with Gasteiger partial charge in [-0.3, -0.25) is 4.79 Å².